The normalized spacial score (nSPS) is 14.3. The Morgan fingerprint density at radius 3 is 2.51 bits per heavy atom. The van der Waals surface area contributed by atoms with E-state index in [9.17, 15) is 0 Å². The molecule has 1 fully saturated rings. The average molecular weight is 530 g/mol. The van der Waals surface area contributed by atoms with Gasteiger partial charge in [-0.3, -0.25) is 9.58 Å². The minimum atomic E-state index is -0.578. The molecular weight excluding hydrogens is 500 g/mol. The van der Waals surface area contributed by atoms with Crippen LogP contribution in [0.25, 0.3) is 16.7 Å². The summed E-state index contributed by atoms with van der Waals surface area (Å²) in [7, 11) is 0. The molecule has 0 bridgehead atoms. The molecule has 0 radical (unpaired) electrons. The van der Waals surface area contributed by atoms with Crippen LogP contribution in [0.15, 0.2) is 61.2 Å². The number of aromatic nitrogens is 5. The molecule has 6 rings (SSSR count). The smallest absolute Gasteiger partial charge is 0.229 e. The SMILES string of the molecule is Cc1cnn(Cc2cc(Nc3ncc4ccn(-c5cc(F)c(CN6CCOCC6)c(F)c5)c4n3)ccc2C)c1. The lowest BCUT2D eigenvalue weighted by molar-refractivity contribution is 0.0332. The molecule has 0 atom stereocenters. The molecule has 3 aromatic heterocycles. The number of ether oxygens (including phenoxy) is 1. The Labute approximate surface area is 224 Å². The number of nitrogens with zero attached hydrogens (tertiary/aromatic N) is 6. The van der Waals surface area contributed by atoms with Crippen molar-refractivity contribution in [2.24, 2.45) is 0 Å². The van der Waals surface area contributed by atoms with Gasteiger partial charge in [0.05, 0.1) is 31.6 Å². The third-order valence-corrected chi connectivity index (χ3v) is 7.02. The van der Waals surface area contributed by atoms with Crippen molar-refractivity contribution < 1.29 is 13.5 Å². The molecule has 1 aliphatic rings. The molecule has 10 heteroatoms. The minimum absolute atomic E-state index is 0.0644. The molecule has 0 unspecified atom stereocenters. The van der Waals surface area contributed by atoms with Crippen LogP contribution in [-0.4, -0.2) is 55.5 Å². The summed E-state index contributed by atoms with van der Waals surface area (Å²) < 4.78 is 39.1. The molecule has 1 N–H and O–H groups in total. The molecule has 2 aromatic carbocycles. The van der Waals surface area contributed by atoms with E-state index in [1.807, 2.05) is 47.1 Å². The Balaban J connectivity index is 1.26. The van der Waals surface area contributed by atoms with E-state index in [1.165, 1.54) is 12.1 Å². The first-order valence-electron chi connectivity index (χ1n) is 12.9. The third kappa shape index (κ3) is 5.39. The van der Waals surface area contributed by atoms with Crippen molar-refractivity contribution in [3.63, 3.8) is 0 Å². The lowest BCUT2D eigenvalue weighted by Gasteiger charge is -2.27. The van der Waals surface area contributed by atoms with Crippen LogP contribution >= 0.6 is 0 Å². The highest BCUT2D eigenvalue weighted by molar-refractivity contribution is 5.79. The first-order valence-corrected chi connectivity index (χ1v) is 12.9. The van der Waals surface area contributed by atoms with Crippen LogP contribution in [0, 0.1) is 25.5 Å². The standard InChI is InChI=1S/C29H29F2N7O/c1-19-14-33-37(16-19)17-22-11-23(4-3-20(22)2)34-29-32-15-21-5-6-38(28(21)35-29)24-12-26(30)25(27(31)13-24)18-36-7-9-39-10-8-36/h3-6,11-16H,7-10,17-18H2,1-2H3,(H,32,34,35). The van der Waals surface area contributed by atoms with Gasteiger partial charge < -0.3 is 14.6 Å². The second-order valence-corrected chi connectivity index (χ2v) is 9.92. The fourth-order valence-corrected chi connectivity index (χ4v) is 4.83. The van der Waals surface area contributed by atoms with Gasteiger partial charge in [-0.05, 0) is 60.9 Å². The van der Waals surface area contributed by atoms with Gasteiger partial charge in [0.15, 0.2) is 0 Å². The Kier molecular flexibility index (Phi) is 6.80. The number of fused-ring (bicyclic) bond motifs is 1. The summed E-state index contributed by atoms with van der Waals surface area (Å²) in [5.74, 6) is -0.771. The lowest BCUT2D eigenvalue weighted by Crippen LogP contribution is -2.36. The number of hydrogen-bond acceptors (Lipinski definition) is 6. The zero-order valence-electron chi connectivity index (χ0n) is 21.9. The number of hydrogen-bond donors (Lipinski definition) is 1. The van der Waals surface area contributed by atoms with Crippen LogP contribution in [0.3, 0.4) is 0 Å². The van der Waals surface area contributed by atoms with Crippen LogP contribution in [0.4, 0.5) is 20.4 Å². The van der Waals surface area contributed by atoms with Gasteiger partial charge in [-0.1, -0.05) is 6.07 Å². The molecule has 8 nitrogen and oxygen atoms in total. The molecule has 5 aromatic rings. The highest BCUT2D eigenvalue weighted by Gasteiger charge is 2.19. The van der Waals surface area contributed by atoms with Crippen LogP contribution in [0.2, 0.25) is 0 Å². The van der Waals surface area contributed by atoms with Crippen molar-refractivity contribution in [3.8, 4) is 5.69 Å². The van der Waals surface area contributed by atoms with Gasteiger partial charge in [-0.25, -0.2) is 13.8 Å². The van der Waals surface area contributed by atoms with Gasteiger partial charge >= 0.3 is 0 Å². The highest BCUT2D eigenvalue weighted by atomic mass is 19.1. The van der Waals surface area contributed by atoms with Gasteiger partial charge in [0, 0.05) is 54.9 Å². The first-order chi connectivity index (χ1) is 18.9. The van der Waals surface area contributed by atoms with Crippen molar-refractivity contribution in [3.05, 3.63) is 95.1 Å². The maximum Gasteiger partial charge on any atom is 0.229 e. The maximum atomic E-state index is 15.1. The molecule has 0 saturated carbocycles. The van der Waals surface area contributed by atoms with Crippen LogP contribution in [0.5, 0.6) is 0 Å². The number of benzene rings is 2. The van der Waals surface area contributed by atoms with Crippen LogP contribution < -0.4 is 5.32 Å². The van der Waals surface area contributed by atoms with E-state index in [1.54, 1.807) is 17.0 Å². The molecule has 0 spiro atoms. The fraction of sp³-hybridized carbons (Fsp3) is 0.276. The van der Waals surface area contributed by atoms with Crippen molar-refractivity contribution >= 4 is 22.7 Å². The van der Waals surface area contributed by atoms with E-state index in [0.29, 0.717) is 50.1 Å². The summed E-state index contributed by atoms with van der Waals surface area (Å²) in [4.78, 5) is 11.1. The van der Waals surface area contributed by atoms with Gasteiger partial charge in [0.2, 0.25) is 5.95 Å². The molecule has 1 saturated heterocycles. The van der Waals surface area contributed by atoms with E-state index in [2.05, 4.69) is 33.4 Å². The fourth-order valence-electron chi connectivity index (χ4n) is 4.83. The number of morpholine rings is 1. The van der Waals surface area contributed by atoms with Gasteiger partial charge in [-0.2, -0.15) is 10.1 Å². The Hall–Kier alpha value is -4.15. The van der Waals surface area contributed by atoms with E-state index in [-0.39, 0.29) is 12.1 Å². The van der Waals surface area contributed by atoms with Crippen molar-refractivity contribution in [1.82, 2.24) is 29.2 Å². The van der Waals surface area contributed by atoms with Gasteiger partial charge in [0.1, 0.15) is 17.3 Å². The van der Waals surface area contributed by atoms with Crippen LogP contribution in [-0.2, 0) is 17.8 Å². The lowest BCUT2D eigenvalue weighted by atomic mass is 10.1. The quantitative estimate of drug-likeness (QED) is 0.315. The monoisotopic (exact) mass is 529 g/mol. The number of rotatable bonds is 7. The summed E-state index contributed by atoms with van der Waals surface area (Å²) >= 11 is 0. The van der Waals surface area contributed by atoms with Crippen LogP contribution in [0.1, 0.15) is 22.3 Å². The van der Waals surface area contributed by atoms with Crippen molar-refractivity contribution in [1.29, 1.82) is 0 Å². The topological polar surface area (TPSA) is 73.0 Å². The summed E-state index contributed by atoms with van der Waals surface area (Å²) in [6, 6.07) is 10.6. The molecule has 0 aliphatic carbocycles. The number of anilines is 2. The predicted molar refractivity (Wildman–Crippen MR) is 145 cm³/mol. The second kappa shape index (κ2) is 10.5. The Bertz CT molecular complexity index is 1620. The number of nitrogens with one attached hydrogen (secondary N) is 1. The molecule has 0 amide bonds. The Morgan fingerprint density at radius 2 is 1.77 bits per heavy atom. The first kappa shape index (κ1) is 25.1. The zero-order chi connectivity index (χ0) is 26.9. The number of aryl methyl sites for hydroxylation is 2. The Morgan fingerprint density at radius 1 is 0.974 bits per heavy atom. The average Bonchev–Trinajstić information content (AvgIpc) is 3.54. The maximum absolute atomic E-state index is 15.1. The van der Waals surface area contributed by atoms with Crippen molar-refractivity contribution in [2.75, 3.05) is 31.6 Å². The van der Waals surface area contributed by atoms with E-state index in [0.717, 1.165) is 27.8 Å². The van der Waals surface area contributed by atoms with Crippen molar-refractivity contribution in [2.45, 2.75) is 26.9 Å². The largest absolute Gasteiger partial charge is 0.379 e. The molecule has 4 heterocycles. The predicted octanol–water partition coefficient (Wildman–Crippen LogP) is 5.14. The molecular formula is C29H29F2N7O. The molecule has 200 valence electrons. The summed E-state index contributed by atoms with van der Waals surface area (Å²) in [6.45, 7) is 7.39. The third-order valence-electron chi connectivity index (χ3n) is 7.02. The molecule has 1 aliphatic heterocycles. The van der Waals surface area contributed by atoms with E-state index >= 15 is 8.78 Å². The van der Waals surface area contributed by atoms with Gasteiger partial charge in [-0.15, -0.1) is 0 Å². The second-order valence-electron chi connectivity index (χ2n) is 9.92. The number of halogens is 2. The summed E-state index contributed by atoms with van der Waals surface area (Å²) in [5, 5.41) is 8.42. The van der Waals surface area contributed by atoms with Gasteiger partial charge in [0.25, 0.3) is 0 Å². The summed E-state index contributed by atoms with van der Waals surface area (Å²) in [5.41, 5.74) is 5.19. The van der Waals surface area contributed by atoms with E-state index in [4.69, 9.17) is 4.74 Å². The zero-order valence-corrected chi connectivity index (χ0v) is 21.9. The summed E-state index contributed by atoms with van der Waals surface area (Å²) in [6.07, 6.45) is 7.29. The highest BCUT2D eigenvalue weighted by Crippen LogP contribution is 2.26. The molecule has 39 heavy (non-hydrogen) atoms. The minimum Gasteiger partial charge on any atom is -0.379 e. The van der Waals surface area contributed by atoms with E-state index < -0.39 is 11.6 Å².